The van der Waals surface area contributed by atoms with Crippen molar-refractivity contribution in [3.63, 3.8) is 0 Å². The highest BCUT2D eigenvalue weighted by molar-refractivity contribution is 6.20. The van der Waals surface area contributed by atoms with Crippen LogP contribution < -0.4 is 9.47 Å². The molecule has 2 nitrogen and oxygen atoms in total. The Kier molecular flexibility index (Phi) is 8.40. The van der Waals surface area contributed by atoms with Gasteiger partial charge in [0.15, 0.2) is 0 Å². The number of halogens is 1. The van der Waals surface area contributed by atoms with Crippen molar-refractivity contribution in [2.24, 2.45) is 0 Å². The summed E-state index contributed by atoms with van der Waals surface area (Å²) in [7, 11) is 0. The topological polar surface area (TPSA) is 18.5 Å². The van der Waals surface area contributed by atoms with Gasteiger partial charge in [0.25, 0.3) is 0 Å². The zero-order valence-corrected chi connectivity index (χ0v) is 16.6. The van der Waals surface area contributed by atoms with Crippen LogP contribution in [0.15, 0.2) is 30.3 Å². The molecule has 2 aromatic carbocycles. The highest BCUT2D eigenvalue weighted by Crippen LogP contribution is 2.30. The molecule has 0 saturated carbocycles. The molecule has 3 heteroatoms. The molecule has 0 radical (unpaired) electrons. The number of ether oxygens (including phenoxy) is 2. The smallest absolute Gasteiger partial charge is 0.122 e. The average molecular weight is 363 g/mol. The molecule has 0 heterocycles. The summed E-state index contributed by atoms with van der Waals surface area (Å²) in [5.41, 5.74) is 1.20. The maximum atomic E-state index is 6.15. The van der Waals surface area contributed by atoms with Gasteiger partial charge in [-0.3, -0.25) is 0 Å². The minimum Gasteiger partial charge on any atom is -0.494 e. The van der Waals surface area contributed by atoms with Crippen molar-refractivity contribution in [2.75, 3.05) is 13.2 Å². The van der Waals surface area contributed by atoms with Crippen LogP contribution in [0.3, 0.4) is 0 Å². The Hall–Kier alpha value is -1.41. The van der Waals surface area contributed by atoms with Crippen LogP contribution in [0.25, 0.3) is 10.8 Å². The number of aryl methyl sites for hydroxylation is 1. The summed E-state index contributed by atoms with van der Waals surface area (Å²) in [4.78, 5) is 0. The van der Waals surface area contributed by atoms with E-state index in [1.54, 1.807) is 0 Å². The molecule has 0 aliphatic carbocycles. The van der Waals surface area contributed by atoms with Crippen LogP contribution in [0, 0.1) is 6.92 Å². The van der Waals surface area contributed by atoms with Gasteiger partial charge >= 0.3 is 0 Å². The van der Waals surface area contributed by atoms with Crippen molar-refractivity contribution in [1.82, 2.24) is 0 Å². The van der Waals surface area contributed by atoms with E-state index >= 15 is 0 Å². The molecule has 0 amide bonds. The van der Waals surface area contributed by atoms with E-state index in [2.05, 4.69) is 51.1 Å². The van der Waals surface area contributed by atoms with Crippen molar-refractivity contribution in [1.29, 1.82) is 0 Å². The number of hydrogen-bond donors (Lipinski definition) is 0. The van der Waals surface area contributed by atoms with Crippen molar-refractivity contribution >= 4 is 22.4 Å². The Morgan fingerprint density at radius 1 is 0.960 bits per heavy atom. The van der Waals surface area contributed by atoms with Crippen LogP contribution in [-0.4, -0.2) is 18.6 Å². The summed E-state index contributed by atoms with van der Waals surface area (Å²) < 4.78 is 11.8. The summed E-state index contributed by atoms with van der Waals surface area (Å²) in [5.74, 6) is 1.92. The molecule has 1 unspecified atom stereocenters. The predicted molar refractivity (Wildman–Crippen MR) is 108 cm³/mol. The third-order valence-corrected chi connectivity index (χ3v) is 5.12. The summed E-state index contributed by atoms with van der Waals surface area (Å²) >= 11 is 6.15. The van der Waals surface area contributed by atoms with Crippen molar-refractivity contribution in [3.8, 4) is 11.5 Å². The van der Waals surface area contributed by atoms with Crippen LogP contribution in [0.4, 0.5) is 0 Å². The first-order chi connectivity index (χ1) is 12.2. The van der Waals surface area contributed by atoms with Crippen LogP contribution in [0.2, 0.25) is 0 Å². The van der Waals surface area contributed by atoms with Gasteiger partial charge in [0.1, 0.15) is 11.5 Å². The second kappa shape index (κ2) is 10.6. The average Bonchev–Trinajstić information content (AvgIpc) is 2.63. The van der Waals surface area contributed by atoms with Gasteiger partial charge < -0.3 is 9.47 Å². The van der Waals surface area contributed by atoms with E-state index in [0.29, 0.717) is 5.38 Å². The fourth-order valence-electron chi connectivity index (χ4n) is 2.88. The second-order valence-corrected chi connectivity index (χ2v) is 7.24. The maximum absolute atomic E-state index is 6.15. The molecule has 0 aliphatic rings. The molecule has 0 fully saturated rings. The molecule has 0 N–H and O–H groups in total. The fraction of sp³-hybridized carbons (Fsp3) is 0.545. The van der Waals surface area contributed by atoms with Gasteiger partial charge in [0.05, 0.1) is 13.2 Å². The standard InChI is InChI=1S/C22H31ClO2/c1-4-6-14-24-20-11-12-21-17(3)22(13-10-18(21)16-20)25-15-8-7-9-19(23)5-2/h10-13,16,19H,4-9,14-15H2,1-3H3. The first kappa shape index (κ1) is 19.9. The van der Waals surface area contributed by atoms with E-state index in [1.807, 2.05) is 0 Å². The number of fused-ring (bicyclic) bond motifs is 1. The number of benzene rings is 2. The molecule has 0 aromatic heterocycles. The summed E-state index contributed by atoms with van der Waals surface area (Å²) in [6, 6.07) is 10.5. The number of unbranched alkanes of at least 4 members (excludes halogenated alkanes) is 2. The summed E-state index contributed by atoms with van der Waals surface area (Å²) in [5, 5.41) is 2.73. The lowest BCUT2D eigenvalue weighted by Crippen LogP contribution is -2.02. The minimum atomic E-state index is 0.302. The third kappa shape index (κ3) is 6.11. The molecular weight excluding hydrogens is 332 g/mol. The van der Waals surface area contributed by atoms with Crippen LogP contribution in [0.5, 0.6) is 11.5 Å². The van der Waals surface area contributed by atoms with Crippen LogP contribution >= 0.6 is 11.6 Å². The normalized spacial score (nSPS) is 12.3. The molecule has 0 bridgehead atoms. The first-order valence-electron chi connectivity index (χ1n) is 9.58. The van der Waals surface area contributed by atoms with Crippen molar-refractivity contribution in [2.45, 2.75) is 64.7 Å². The summed E-state index contributed by atoms with van der Waals surface area (Å²) in [6.45, 7) is 7.96. The van der Waals surface area contributed by atoms with E-state index in [1.165, 1.54) is 16.3 Å². The molecule has 1 atom stereocenters. The van der Waals surface area contributed by atoms with Crippen LogP contribution in [0.1, 0.15) is 57.9 Å². The zero-order valence-electron chi connectivity index (χ0n) is 15.8. The van der Waals surface area contributed by atoms with Crippen molar-refractivity contribution in [3.05, 3.63) is 35.9 Å². The second-order valence-electron chi connectivity index (χ2n) is 6.62. The quantitative estimate of drug-likeness (QED) is 0.320. The van der Waals surface area contributed by atoms with Gasteiger partial charge in [-0.2, -0.15) is 0 Å². The van der Waals surface area contributed by atoms with E-state index < -0.39 is 0 Å². The molecular formula is C22H31ClO2. The molecule has 0 aliphatic heterocycles. The Morgan fingerprint density at radius 2 is 1.76 bits per heavy atom. The van der Waals surface area contributed by atoms with E-state index in [-0.39, 0.29) is 0 Å². The highest BCUT2D eigenvalue weighted by Gasteiger charge is 2.07. The van der Waals surface area contributed by atoms with E-state index in [0.717, 1.165) is 63.2 Å². The Bertz CT molecular complexity index is 654. The van der Waals surface area contributed by atoms with Crippen molar-refractivity contribution < 1.29 is 9.47 Å². The Morgan fingerprint density at radius 3 is 2.52 bits per heavy atom. The number of alkyl halides is 1. The maximum Gasteiger partial charge on any atom is 0.122 e. The van der Waals surface area contributed by atoms with Gasteiger partial charge in [-0.15, -0.1) is 11.6 Å². The predicted octanol–water partition coefficient (Wildman–Crippen LogP) is 6.89. The molecule has 2 aromatic rings. The Balaban J connectivity index is 1.93. The van der Waals surface area contributed by atoms with Gasteiger partial charge in [-0.25, -0.2) is 0 Å². The van der Waals surface area contributed by atoms with E-state index in [4.69, 9.17) is 21.1 Å². The monoisotopic (exact) mass is 362 g/mol. The molecule has 0 saturated heterocycles. The van der Waals surface area contributed by atoms with Gasteiger partial charge in [-0.1, -0.05) is 32.4 Å². The highest BCUT2D eigenvalue weighted by atomic mass is 35.5. The lowest BCUT2D eigenvalue weighted by molar-refractivity contribution is 0.303. The zero-order chi connectivity index (χ0) is 18.1. The number of hydrogen-bond acceptors (Lipinski definition) is 2. The van der Waals surface area contributed by atoms with Gasteiger partial charge in [0.2, 0.25) is 0 Å². The third-order valence-electron chi connectivity index (χ3n) is 4.59. The molecule has 0 spiro atoms. The first-order valence-corrected chi connectivity index (χ1v) is 10.0. The number of rotatable bonds is 11. The Labute approximate surface area is 157 Å². The fourth-order valence-corrected chi connectivity index (χ4v) is 3.03. The van der Waals surface area contributed by atoms with Gasteiger partial charge in [-0.05, 0) is 73.6 Å². The van der Waals surface area contributed by atoms with Crippen LogP contribution in [-0.2, 0) is 0 Å². The summed E-state index contributed by atoms with van der Waals surface area (Å²) in [6.07, 6.45) is 6.51. The van der Waals surface area contributed by atoms with Gasteiger partial charge in [0, 0.05) is 5.38 Å². The largest absolute Gasteiger partial charge is 0.494 e. The molecule has 2 rings (SSSR count). The van der Waals surface area contributed by atoms with E-state index in [9.17, 15) is 0 Å². The lowest BCUT2D eigenvalue weighted by Gasteiger charge is -2.13. The lowest BCUT2D eigenvalue weighted by atomic mass is 10.0. The molecule has 138 valence electrons. The minimum absolute atomic E-state index is 0.302. The SMILES string of the molecule is CCCCOc1ccc2c(C)c(OCCCCC(Cl)CC)ccc2c1. The molecule has 25 heavy (non-hydrogen) atoms.